The third-order valence-corrected chi connectivity index (χ3v) is 5.24. The summed E-state index contributed by atoms with van der Waals surface area (Å²) in [5, 5.41) is 34.6. The lowest BCUT2D eigenvalue weighted by Crippen LogP contribution is -2.35. The molecule has 1 atom stereocenters. The highest BCUT2D eigenvalue weighted by Gasteiger charge is 2.28. The number of amidine groups is 1. The van der Waals surface area contributed by atoms with Crippen LogP contribution in [0.4, 0.5) is 10.1 Å². The molecule has 0 unspecified atom stereocenters. The standard InChI is InChI=1S/C23H22FN7O4.C2H4O2/c1-34-15-11-16(19(24)17(12-15)35-2)20(27-14-8-6-13(7-9-14)21(25)26)22-28-23(32)31(29-22)18-5-3-4-10-30(18)33;1-2(3)4/h3-12,20,27H,1-2H3,(H3,25,26)(H,28,29,32);1H3,(H,3,4)/t20-;/m0./s1. The second-order valence-electron chi connectivity index (χ2n) is 7.93. The Morgan fingerprint density at radius 1 is 1.23 bits per heavy atom. The molecule has 4 rings (SSSR count). The average molecular weight is 540 g/mol. The minimum atomic E-state index is -1.03. The number of nitrogens with one attached hydrogen (secondary N) is 3. The predicted octanol–water partition coefficient (Wildman–Crippen LogP) is 1.93. The molecule has 0 aliphatic rings. The minimum absolute atomic E-state index is 0.0312. The number of anilines is 1. The largest absolute Gasteiger partial charge is 0.711 e. The van der Waals surface area contributed by atoms with Crippen molar-refractivity contribution in [3.05, 3.63) is 99.3 Å². The number of H-pyrrole nitrogens is 1. The van der Waals surface area contributed by atoms with Gasteiger partial charge in [0.2, 0.25) is 0 Å². The molecule has 0 fully saturated rings. The molecule has 4 aromatic rings. The highest BCUT2D eigenvalue weighted by atomic mass is 19.1. The maximum atomic E-state index is 15.4. The Morgan fingerprint density at radius 3 is 2.46 bits per heavy atom. The van der Waals surface area contributed by atoms with E-state index in [1.807, 2.05) is 0 Å². The summed E-state index contributed by atoms with van der Waals surface area (Å²) in [5.74, 6) is -1.38. The van der Waals surface area contributed by atoms with Crippen LogP contribution < -0.4 is 30.9 Å². The van der Waals surface area contributed by atoms with Crippen LogP contribution in [0.15, 0.2) is 65.6 Å². The number of nitrogen functional groups attached to an aromatic ring is 1. The highest BCUT2D eigenvalue weighted by Crippen LogP contribution is 2.34. The number of rotatable bonds is 8. The second-order valence-corrected chi connectivity index (χ2v) is 7.93. The van der Waals surface area contributed by atoms with Gasteiger partial charge in [-0.2, -0.15) is 0 Å². The molecule has 0 radical (unpaired) electrons. The summed E-state index contributed by atoms with van der Waals surface area (Å²) in [5.41, 5.74) is 5.93. The number of nitrogens with two attached hydrogens (primary N) is 1. The molecular weight excluding hydrogens is 513 g/mol. The third-order valence-electron chi connectivity index (χ3n) is 5.24. The van der Waals surface area contributed by atoms with E-state index in [1.165, 1.54) is 44.7 Å². The number of methoxy groups -OCH3 is 2. The number of carbonyl (C=O) groups is 1. The number of halogens is 1. The van der Waals surface area contributed by atoms with Gasteiger partial charge in [0, 0.05) is 35.9 Å². The molecule has 0 aliphatic carbocycles. The van der Waals surface area contributed by atoms with E-state index in [9.17, 15) is 10.0 Å². The minimum Gasteiger partial charge on any atom is -0.711 e. The van der Waals surface area contributed by atoms with E-state index in [-0.39, 0.29) is 28.8 Å². The average Bonchev–Trinajstić information content (AvgIpc) is 3.28. The molecule has 6 N–H and O–H groups in total. The fourth-order valence-electron chi connectivity index (χ4n) is 3.48. The fourth-order valence-corrected chi connectivity index (χ4v) is 3.48. The van der Waals surface area contributed by atoms with Crippen LogP contribution >= 0.6 is 0 Å². The molecule has 0 saturated carbocycles. The fraction of sp³-hybridized carbons (Fsp3) is 0.160. The number of aromatic amines is 1. The van der Waals surface area contributed by atoms with E-state index < -0.39 is 23.5 Å². The Labute approximate surface area is 221 Å². The quantitative estimate of drug-likeness (QED) is 0.0962. The Balaban J connectivity index is 0.000000983. The summed E-state index contributed by atoms with van der Waals surface area (Å²) in [6.45, 7) is 1.08. The number of hydrogen-bond acceptors (Lipinski definition) is 8. The number of aliphatic carboxylic acids is 1. The van der Waals surface area contributed by atoms with Gasteiger partial charge < -0.3 is 30.8 Å². The number of benzene rings is 2. The first-order chi connectivity index (χ1) is 18.5. The van der Waals surface area contributed by atoms with Gasteiger partial charge in [-0.15, -0.1) is 0 Å². The SMILES string of the molecule is CC(=O)O.COc1cc(OC)c(F)c([C@H](Nc2ccc(C(=N)N)cc2)c2nn(-c3cccc[n+]3[O-])c(=O)[nH]2)c1. The van der Waals surface area contributed by atoms with Crippen LogP contribution in [0.5, 0.6) is 11.5 Å². The van der Waals surface area contributed by atoms with Crippen molar-refractivity contribution in [1.82, 2.24) is 14.8 Å². The zero-order valence-electron chi connectivity index (χ0n) is 21.1. The molecule has 0 bridgehead atoms. The summed E-state index contributed by atoms with van der Waals surface area (Å²) >= 11 is 0. The highest BCUT2D eigenvalue weighted by molar-refractivity contribution is 5.95. The number of ether oxygens (including phenoxy) is 2. The van der Waals surface area contributed by atoms with Crippen molar-refractivity contribution in [2.45, 2.75) is 13.0 Å². The van der Waals surface area contributed by atoms with Crippen molar-refractivity contribution in [3.8, 4) is 17.3 Å². The Kier molecular flexibility index (Phi) is 8.83. The van der Waals surface area contributed by atoms with E-state index in [4.69, 9.17) is 30.5 Å². The molecule has 204 valence electrons. The maximum Gasteiger partial charge on any atom is 0.440 e. The summed E-state index contributed by atoms with van der Waals surface area (Å²) in [7, 11) is 2.75. The smallest absolute Gasteiger partial charge is 0.440 e. The molecule has 0 saturated heterocycles. The summed E-state index contributed by atoms with van der Waals surface area (Å²) in [4.78, 5) is 24.3. The molecule has 0 amide bonds. The molecule has 39 heavy (non-hydrogen) atoms. The predicted molar refractivity (Wildman–Crippen MR) is 139 cm³/mol. The van der Waals surface area contributed by atoms with Crippen molar-refractivity contribution in [1.29, 1.82) is 5.41 Å². The molecular formula is C25H26FN7O6. The topological polar surface area (TPSA) is 195 Å². The van der Waals surface area contributed by atoms with Crippen molar-refractivity contribution < 1.29 is 28.5 Å². The van der Waals surface area contributed by atoms with Gasteiger partial charge >= 0.3 is 11.5 Å². The molecule has 2 aromatic carbocycles. The Bertz CT molecular complexity index is 1530. The first-order valence-corrected chi connectivity index (χ1v) is 11.3. The first kappa shape index (κ1) is 28.2. The molecule has 13 nitrogen and oxygen atoms in total. The summed E-state index contributed by atoms with van der Waals surface area (Å²) in [6, 6.07) is 12.9. The van der Waals surface area contributed by atoms with Crippen LogP contribution in [-0.2, 0) is 4.79 Å². The normalized spacial score (nSPS) is 11.1. The van der Waals surface area contributed by atoms with Crippen LogP contribution in [0, 0.1) is 16.4 Å². The van der Waals surface area contributed by atoms with E-state index in [0.29, 0.717) is 21.7 Å². The van der Waals surface area contributed by atoms with E-state index in [1.54, 1.807) is 30.3 Å². The van der Waals surface area contributed by atoms with E-state index in [0.717, 1.165) is 11.6 Å². The van der Waals surface area contributed by atoms with E-state index in [2.05, 4.69) is 15.4 Å². The lowest BCUT2D eigenvalue weighted by Gasteiger charge is -2.20. The molecule has 0 spiro atoms. The van der Waals surface area contributed by atoms with Gasteiger partial charge in [-0.25, -0.2) is 13.9 Å². The van der Waals surface area contributed by atoms with Gasteiger partial charge in [0.1, 0.15) is 17.6 Å². The van der Waals surface area contributed by atoms with Crippen molar-refractivity contribution >= 4 is 17.5 Å². The molecule has 14 heteroatoms. The molecule has 2 aromatic heterocycles. The van der Waals surface area contributed by atoms with Gasteiger partial charge in [0.25, 0.3) is 5.97 Å². The van der Waals surface area contributed by atoms with Crippen molar-refractivity contribution in [2.75, 3.05) is 19.5 Å². The third kappa shape index (κ3) is 6.68. The summed E-state index contributed by atoms with van der Waals surface area (Å²) < 4.78 is 27.3. The van der Waals surface area contributed by atoms with Crippen LogP contribution in [0.25, 0.3) is 5.82 Å². The van der Waals surface area contributed by atoms with Gasteiger partial charge in [-0.05, 0) is 41.1 Å². The number of pyridine rings is 1. The monoisotopic (exact) mass is 539 g/mol. The first-order valence-electron chi connectivity index (χ1n) is 11.3. The number of carboxylic acids is 1. The van der Waals surface area contributed by atoms with E-state index >= 15 is 4.39 Å². The van der Waals surface area contributed by atoms with Crippen LogP contribution in [-0.4, -0.2) is 45.9 Å². The lowest BCUT2D eigenvalue weighted by atomic mass is 10.0. The number of nitrogens with zero attached hydrogens (tertiary/aromatic N) is 3. The van der Waals surface area contributed by atoms with Crippen LogP contribution in [0.3, 0.4) is 0 Å². The Morgan fingerprint density at radius 2 is 1.90 bits per heavy atom. The van der Waals surface area contributed by atoms with Gasteiger partial charge in [0.05, 0.1) is 20.4 Å². The summed E-state index contributed by atoms with van der Waals surface area (Å²) in [6.07, 6.45) is 1.23. The second kappa shape index (κ2) is 12.2. The lowest BCUT2D eigenvalue weighted by molar-refractivity contribution is -0.600. The molecule has 0 aliphatic heterocycles. The maximum absolute atomic E-state index is 15.4. The van der Waals surface area contributed by atoms with Crippen molar-refractivity contribution in [2.24, 2.45) is 5.73 Å². The zero-order chi connectivity index (χ0) is 28.7. The van der Waals surface area contributed by atoms with Crippen LogP contribution in [0.1, 0.15) is 29.9 Å². The van der Waals surface area contributed by atoms with Crippen molar-refractivity contribution in [3.63, 3.8) is 0 Å². The molecule has 2 heterocycles. The Hall–Kier alpha value is -5.40. The number of aromatic nitrogens is 4. The number of carboxylic acid groups (broad SMARTS) is 1. The van der Waals surface area contributed by atoms with Gasteiger partial charge in [0.15, 0.2) is 17.4 Å². The number of hydrogen-bond donors (Lipinski definition) is 5. The van der Waals surface area contributed by atoms with Crippen LogP contribution in [0.2, 0.25) is 0 Å². The van der Waals surface area contributed by atoms with Gasteiger partial charge in [-0.3, -0.25) is 15.2 Å². The van der Waals surface area contributed by atoms with Gasteiger partial charge in [-0.1, -0.05) is 11.2 Å². The zero-order valence-corrected chi connectivity index (χ0v) is 21.1.